The molecule has 1 rings (SSSR count). The molecule has 4 nitrogen and oxygen atoms in total. The summed E-state index contributed by atoms with van der Waals surface area (Å²) in [7, 11) is 3.55. The molecule has 0 fully saturated rings. The average Bonchev–Trinajstić information content (AvgIpc) is 2.52. The number of likely N-dealkylation sites (N-methyl/N-ethyl adjacent to an activating group) is 1. The van der Waals surface area contributed by atoms with Gasteiger partial charge in [-0.15, -0.1) is 0 Å². The maximum Gasteiger partial charge on any atom is 0.0935 e. The molecule has 11 heavy (non-hydrogen) atoms. The smallest absolute Gasteiger partial charge is 0.0935 e. The Balaban J connectivity index is 2.56. The summed E-state index contributed by atoms with van der Waals surface area (Å²) in [5.74, 6) is 0. The molecule has 0 saturated carbocycles. The molecule has 1 unspecified atom stereocenters. The van der Waals surface area contributed by atoms with Gasteiger partial charge in [0.1, 0.15) is 0 Å². The molecule has 62 valence electrons. The van der Waals surface area contributed by atoms with Crippen molar-refractivity contribution in [2.75, 3.05) is 20.8 Å². The van der Waals surface area contributed by atoms with E-state index >= 15 is 0 Å². The molecule has 1 aromatic rings. The zero-order chi connectivity index (χ0) is 8.10. The van der Waals surface area contributed by atoms with Gasteiger partial charge in [-0.05, 0) is 7.05 Å². The number of aromatic nitrogens is 2. The summed E-state index contributed by atoms with van der Waals surface area (Å²) >= 11 is 1.21. The van der Waals surface area contributed by atoms with E-state index in [1.54, 1.807) is 13.3 Å². The van der Waals surface area contributed by atoms with E-state index in [9.17, 15) is 0 Å². The van der Waals surface area contributed by atoms with Crippen molar-refractivity contribution in [3.8, 4) is 0 Å². The maximum atomic E-state index is 4.99. The summed E-state index contributed by atoms with van der Waals surface area (Å²) in [6.07, 6.45) is 1.75. The first kappa shape index (κ1) is 8.58. The fourth-order valence-electron chi connectivity index (χ4n) is 0.809. The third-order valence-corrected chi connectivity index (χ3v) is 1.91. The molecule has 1 N–H and O–H groups in total. The highest BCUT2D eigenvalue weighted by atomic mass is 32.1. The molecule has 0 bridgehead atoms. The van der Waals surface area contributed by atoms with Crippen LogP contribution >= 0.6 is 11.7 Å². The molecule has 0 aliphatic rings. The first-order valence-corrected chi connectivity index (χ1v) is 4.05. The van der Waals surface area contributed by atoms with Gasteiger partial charge in [-0.1, -0.05) is 0 Å². The van der Waals surface area contributed by atoms with Crippen molar-refractivity contribution in [2.45, 2.75) is 6.04 Å². The van der Waals surface area contributed by atoms with Crippen molar-refractivity contribution in [1.82, 2.24) is 14.1 Å². The van der Waals surface area contributed by atoms with E-state index in [1.807, 2.05) is 7.05 Å². The molecular formula is C6H11N3OS. The van der Waals surface area contributed by atoms with E-state index in [0.717, 1.165) is 5.69 Å². The van der Waals surface area contributed by atoms with Crippen molar-refractivity contribution in [2.24, 2.45) is 0 Å². The monoisotopic (exact) mass is 173 g/mol. The standard InChI is InChI=1S/C6H11N3OS/c1-7-6(4-10-2)5-3-8-11-9-5/h3,6-7H,4H2,1-2H3. The van der Waals surface area contributed by atoms with Gasteiger partial charge in [-0.25, -0.2) is 0 Å². The van der Waals surface area contributed by atoms with Crippen LogP contribution < -0.4 is 5.32 Å². The Morgan fingerprint density at radius 3 is 3.09 bits per heavy atom. The Kier molecular flexibility index (Phi) is 3.41. The van der Waals surface area contributed by atoms with Crippen LogP contribution in [0.4, 0.5) is 0 Å². The summed E-state index contributed by atoms with van der Waals surface area (Å²) in [6, 6.07) is 0.166. The predicted molar refractivity (Wildman–Crippen MR) is 43.6 cm³/mol. The van der Waals surface area contributed by atoms with Crippen LogP contribution in [0, 0.1) is 0 Å². The van der Waals surface area contributed by atoms with Crippen molar-refractivity contribution < 1.29 is 4.74 Å². The number of nitrogens with one attached hydrogen (secondary N) is 1. The van der Waals surface area contributed by atoms with Gasteiger partial charge < -0.3 is 10.1 Å². The van der Waals surface area contributed by atoms with E-state index in [1.165, 1.54) is 11.7 Å². The Labute approximate surface area is 69.9 Å². The number of nitrogens with zero attached hydrogens (tertiary/aromatic N) is 2. The molecule has 1 atom stereocenters. The predicted octanol–water partition coefficient (Wildman–Crippen LogP) is 0.445. The minimum atomic E-state index is 0.166. The van der Waals surface area contributed by atoms with Crippen LogP contribution in [0.3, 0.4) is 0 Å². The minimum absolute atomic E-state index is 0.166. The Morgan fingerprint density at radius 1 is 1.82 bits per heavy atom. The molecule has 0 spiro atoms. The number of rotatable bonds is 4. The Hall–Kier alpha value is -0.520. The lowest BCUT2D eigenvalue weighted by Gasteiger charge is -2.10. The minimum Gasteiger partial charge on any atom is -0.383 e. The third kappa shape index (κ3) is 2.21. The maximum absolute atomic E-state index is 4.99. The van der Waals surface area contributed by atoms with Crippen LogP contribution in [0.25, 0.3) is 0 Å². The molecule has 1 heterocycles. The van der Waals surface area contributed by atoms with E-state index in [4.69, 9.17) is 4.74 Å². The second kappa shape index (κ2) is 4.38. The normalized spacial score (nSPS) is 13.3. The fourth-order valence-corrected chi connectivity index (χ4v) is 1.28. The molecule has 0 aromatic carbocycles. The van der Waals surface area contributed by atoms with Gasteiger partial charge in [-0.2, -0.15) is 8.75 Å². The number of hydrogen-bond acceptors (Lipinski definition) is 5. The highest BCUT2D eigenvalue weighted by Crippen LogP contribution is 2.08. The summed E-state index contributed by atoms with van der Waals surface area (Å²) in [4.78, 5) is 0. The second-order valence-corrected chi connectivity index (χ2v) is 2.69. The lowest BCUT2D eigenvalue weighted by molar-refractivity contribution is 0.169. The van der Waals surface area contributed by atoms with E-state index < -0.39 is 0 Å². The van der Waals surface area contributed by atoms with Crippen LogP contribution in [0.5, 0.6) is 0 Å². The third-order valence-electron chi connectivity index (χ3n) is 1.42. The van der Waals surface area contributed by atoms with Crippen LogP contribution in [0.2, 0.25) is 0 Å². The van der Waals surface area contributed by atoms with Gasteiger partial charge in [0.2, 0.25) is 0 Å². The Morgan fingerprint density at radius 2 is 2.64 bits per heavy atom. The quantitative estimate of drug-likeness (QED) is 0.718. The molecule has 0 aliphatic carbocycles. The summed E-state index contributed by atoms with van der Waals surface area (Å²) in [5.41, 5.74) is 0.944. The SMILES string of the molecule is CNC(COC)c1cnsn1. The molecule has 0 radical (unpaired) electrons. The zero-order valence-electron chi connectivity index (χ0n) is 6.57. The lowest BCUT2D eigenvalue weighted by atomic mass is 10.2. The van der Waals surface area contributed by atoms with E-state index in [0.29, 0.717) is 6.61 Å². The van der Waals surface area contributed by atoms with Gasteiger partial charge in [0, 0.05) is 7.11 Å². The fraction of sp³-hybridized carbons (Fsp3) is 0.667. The highest BCUT2D eigenvalue weighted by molar-refractivity contribution is 6.99. The van der Waals surface area contributed by atoms with Gasteiger partial charge >= 0.3 is 0 Å². The van der Waals surface area contributed by atoms with Gasteiger partial charge in [0.25, 0.3) is 0 Å². The van der Waals surface area contributed by atoms with Gasteiger partial charge in [0.05, 0.1) is 36.3 Å². The molecule has 0 aliphatic heterocycles. The first-order chi connectivity index (χ1) is 5.38. The van der Waals surface area contributed by atoms with Crippen LogP contribution in [0.15, 0.2) is 6.20 Å². The average molecular weight is 173 g/mol. The number of ether oxygens (including phenoxy) is 1. The number of hydrogen-bond donors (Lipinski definition) is 1. The molecule has 1 aromatic heterocycles. The van der Waals surface area contributed by atoms with Crippen LogP contribution in [-0.2, 0) is 4.74 Å². The van der Waals surface area contributed by atoms with Crippen molar-refractivity contribution in [3.05, 3.63) is 11.9 Å². The zero-order valence-corrected chi connectivity index (χ0v) is 7.39. The van der Waals surface area contributed by atoms with Gasteiger partial charge in [0.15, 0.2) is 0 Å². The second-order valence-electron chi connectivity index (χ2n) is 2.13. The van der Waals surface area contributed by atoms with Crippen molar-refractivity contribution in [1.29, 1.82) is 0 Å². The van der Waals surface area contributed by atoms with Crippen LogP contribution in [0.1, 0.15) is 11.7 Å². The topological polar surface area (TPSA) is 47.0 Å². The van der Waals surface area contributed by atoms with Crippen LogP contribution in [-0.4, -0.2) is 29.5 Å². The van der Waals surface area contributed by atoms with E-state index in [2.05, 4.69) is 14.1 Å². The lowest BCUT2D eigenvalue weighted by Crippen LogP contribution is -2.21. The first-order valence-electron chi connectivity index (χ1n) is 3.32. The Bertz CT molecular complexity index is 190. The summed E-state index contributed by atoms with van der Waals surface area (Å²) < 4.78 is 13.0. The summed E-state index contributed by atoms with van der Waals surface area (Å²) in [5, 5.41) is 3.08. The van der Waals surface area contributed by atoms with Crippen molar-refractivity contribution in [3.63, 3.8) is 0 Å². The van der Waals surface area contributed by atoms with Gasteiger partial charge in [-0.3, -0.25) is 0 Å². The largest absolute Gasteiger partial charge is 0.383 e. The summed E-state index contributed by atoms with van der Waals surface area (Å²) in [6.45, 7) is 0.627. The van der Waals surface area contributed by atoms with E-state index in [-0.39, 0.29) is 6.04 Å². The molecular weight excluding hydrogens is 162 g/mol. The highest BCUT2D eigenvalue weighted by Gasteiger charge is 2.10. The number of methoxy groups -OCH3 is 1. The molecule has 0 amide bonds. The van der Waals surface area contributed by atoms with Crippen molar-refractivity contribution >= 4 is 11.7 Å². The molecule has 0 saturated heterocycles. The molecule has 5 heteroatoms.